The Morgan fingerprint density at radius 3 is 2.80 bits per heavy atom. The molecule has 0 aromatic rings. The molecule has 86 valence electrons. The highest BCUT2D eigenvalue weighted by atomic mass is 16.2. The number of carbonyl (C=O) groups excluding carboxylic acids is 1. The molecule has 0 spiro atoms. The first-order valence-corrected chi connectivity index (χ1v) is 5.91. The van der Waals surface area contributed by atoms with Gasteiger partial charge in [0.1, 0.15) is 0 Å². The smallest absolute Gasteiger partial charge is 0.234 e. The number of hydrogen-bond donors (Lipinski definition) is 2. The molecule has 0 radical (unpaired) electrons. The van der Waals surface area contributed by atoms with E-state index in [0.717, 1.165) is 32.4 Å². The topological polar surface area (TPSA) is 58.4 Å². The second-order valence-corrected chi connectivity index (χ2v) is 5.14. The van der Waals surface area contributed by atoms with Crippen LogP contribution in [-0.4, -0.2) is 42.5 Å². The molecule has 15 heavy (non-hydrogen) atoms. The zero-order valence-corrected chi connectivity index (χ0v) is 9.41. The van der Waals surface area contributed by atoms with Crippen LogP contribution < -0.4 is 11.1 Å². The Hall–Kier alpha value is -0.610. The number of nitrogens with two attached hydrogens (primary N) is 1. The number of hydrogen-bond acceptors (Lipinski definition) is 3. The number of likely N-dealkylation sites (tertiary alicyclic amines) is 1. The molecule has 2 unspecified atom stereocenters. The van der Waals surface area contributed by atoms with Crippen LogP contribution >= 0.6 is 0 Å². The summed E-state index contributed by atoms with van der Waals surface area (Å²) in [6.07, 6.45) is 3.39. The van der Waals surface area contributed by atoms with E-state index in [2.05, 4.69) is 17.1 Å². The lowest BCUT2D eigenvalue weighted by atomic mass is 9.97. The first kappa shape index (κ1) is 10.9. The van der Waals surface area contributed by atoms with E-state index in [1.165, 1.54) is 0 Å². The van der Waals surface area contributed by atoms with Crippen molar-refractivity contribution in [3.63, 3.8) is 0 Å². The average molecular weight is 211 g/mol. The molecule has 1 saturated carbocycles. The van der Waals surface area contributed by atoms with E-state index >= 15 is 0 Å². The van der Waals surface area contributed by atoms with Crippen LogP contribution in [0.1, 0.15) is 26.2 Å². The molecule has 1 saturated heterocycles. The van der Waals surface area contributed by atoms with Gasteiger partial charge in [-0.3, -0.25) is 9.69 Å². The number of piperidine rings is 1. The van der Waals surface area contributed by atoms with E-state index in [-0.39, 0.29) is 11.9 Å². The molecule has 2 atom stereocenters. The molecule has 3 N–H and O–H groups in total. The zero-order valence-electron chi connectivity index (χ0n) is 9.41. The molecule has 1 aliphatic heterocycles. The summed E-state index contributed by atoms with van der Waals surface area (Å²) in [4.78, 5) is 13.8. The third-order valence-corrected chi connectivity index (χ3v) is 3.08. The van der Waals surface area contributed by atoms with Crippen molar-refractivity contribution >= 4 is 5.91 Å². The highest BCUT2D eigenvalue weighted by Crippen LogP contribution is 2.19. The van der Waals surface area contributed by atoms with Crippen LogP contribution in [0.4, 0.5) is 0 Å². The minimum absolute atomic E-state index is 0.166. The lowest BCUT2D eigenvalue weighted by Gasteiger charge is -2.34. The normalized spacial score (nSPS) is 32.7. The van der Waals surface area contributed by atoms with Crippen molar-refractivity contribution < 1.29 is 4.79 Å². The molecule has 2 rings (SSSR count). The maximum Gasteiger partial charge on any atom is 0.234 e. The van der Waals surface area contributed by atoms with Gasteiger partial charge < -0.3 is 11.1 Å². The van der Waals surface area contributed by atoms with Crippen LogP contribution in [0.5, 0.6) is 0 Å². The number of nitrogens with one attached hydrogen (secondary N) is 1. The quantitative estimate of drug-likeness (QED) is 0.687. The maximum atomic E-state index is 11.6. The minimum Gasteiger partial charge on any atom is -0.352 e. The number of amides is 1. The Labute approximate surface area is 91.2 Å². The number of rotatable bonds is 3. The van der Waals surface area contributed by atoms with Crippen LogP contribution in [-0.2, 0) is 4.79 Å². The molecule has 0 aromatic heterocycles. The lowest BCUT2D eigenvalue weighted by Crippen LogP contribution is -2.49. The van der Waals surface area contributed by atoms with Gasteiger partial charge >= 0.3 is 0 Å². The van der Waals surface area contributed by atoms with Crippen molar-refractivity contribution in [1.29, 1.82) is 0 Å². The summed E-state index contributed by atoms with van der Waals surface area (Å²) in [6, 6.07) is 0.705. The van der Waals surface area contributed by atoms with Gasteiger partial charge in [0.2, 0.25) is 5.91 Å². The van der Waals surface area contributed by atoms with Gasteiger partial charge in [-0.2, -0.15) is 0 Å². The number of nitrogens with zero attached hydrogens (tertiary/aromatic N) is 1. The van der Waals surface area contributed by atoms with Gasteiger partial charge in [0, 0.05) is 25.2 Å². The number of carbonyl (C=O) groups is 1. The van der Waals surface area contributed by atoms with Crippen molar-refractivity contribution in [3.05, 3.63) is 0 Å². The SMILES string of the molecule is CC1CC(N)CN(CC(=O)NC2CC2)C1. The summed E-state index contributed by atoms with van der Waals surface area (Å²) in [5.41, 5.74) is 5.93. The van der Waals surface area contributed by atoms with Crippen molar-refractivity contribution in [2.24, 2.45) is 11.7 Å². The van der Waals surface area contributed by atoms with Crippen LogP contribution in [0.2, 0.25) is 0 Å². The predicted molar refractivity (Wildman–Crippen MR) is 59.4 cm³/mol. The Morgan fingerprint density at radius 2 is 2.20 bits per heavy atom. The molecule has 2 fully saturated rings. The first-order chi connectivity index (χ1) is 7.13. The van der Waals surface area contributed by atoms with E-state index in [0.29, 0.717) is 18.5 Å². The van der Waals surface area contributed by atoms with Crippen LogP contribution in [0.15, 0.2) is 0 Å². The van der Waals surface area contributed by atoms with E-state index in [1.54, 1.807) is 0 Å². The van der Waals surface area contributed by atoms with E-state index in [1.807, 2.05) is 0 Å². The highest BCUT2D eigenvalue weighted by molar-refractivity contribution is 5.78. The summed E-state index contributed by atoms with van der Waals surface area (Å²) in [5, 5.41) is 3.01. The average Bonchev–Trinajstić information content (AvgIpc) is 2.85. The first-order valence-electron chi connectivity index (χ1n) is 5.91. The van der Waals surface area contributed by atoms with Crippen LogP contribution in [0, 0.1) is 5.92 Å². The van der Waals surface area contributed by atoms with Gasteiger partial charge in [0.25, 0.3) is 0 Å². The summed E-state index contributed by atoms with van der Waals surface area (Å²) >= 11 is 0. The fourth-order valence-electron chi connectivity index (χ4n) is 2.35. The molecular weight excluding hydrogens is 190 g/mol. The highest BCUT2D eigenvalue weighted by Gasteiger charge is 2.26. The molecular formula is C11H21N3O. The maximum absolute atomic E-state index is 11.6. The van der Waals surface area contributed by atoms with Crippen molar-refractivity contribution in [3.8, 4) is 0 Å². The fraction of sp³-hybridized carbons (Fsp3) is 0.909. The van der Waals surface area contributed by atoms with E-state index in [4.69, 9.17) is 5.73 Å². The van der Waals surface area contributed by atoms with Gasteiger partial charge in [-0.25, -0.2) is 0 Å². The van der Waals surface area contributed by atoms with E-state index in [9.17, 15) is 4.79 Å². The van der Waals surface area contributed by atoms with Crippen LogP contribution in [0.3, 0.4) is 0 Å². The Kier molecular flexibility index (Phi) is 3.26. The second-order valence-electron chi connectivity index (χ2n) is 5.14. The van der Waals surface area contributed by atoms with Crippen molar-refractivity contribution in [2.75, 3.05) is 19.6 Å². The predicted octanol–water partition coefficient (Wildman–Crippen LogP) is -0.0659. The van der Waals surface area contributed by atoms with Gasteiger partial charge in [0.05, 0.1) is 6.54 Å². The van der Waals surface area contributed by atoms with Gasteiger partial charge in [0.15, 0.2) is 0 Å². The van der Waals surface area contributed by atoms with Gasteiger partial charge in [-0.05, 0) is 25.2 Å². The summed E-state index contributed by atoms with van der Waals surface area (Å²) in [5.74, 6) is 0.779. The summed E-state index contributed by atoms with van der Waals surface area (Å²) < 4.78 is 0. The molecule has 1 amide bonds. The minimum atomic E-state index is 0.166. The monoisotopic (exact) mass is 211 g/mol. The van der Waals surface area contributed by atoms with Crippen molar-refractivity contribution in [1.82, 2.24) is 10.2 Å². The standard InChI is InChI=1S/C11H21N3O/c1-8-4-9(12)6-14(5-8)7-11(15)13-10-2-3-10/h8-10H,2-7,12H2,1H3,(H,13,15). The molecule has 2 aliphatic rings. The molecule has 1 heterocycles. The summed E-state index contributed by atoms with van der Waals surface area (Å²) in [7, 11) is 0. The molecule has 4 heteroatoms. The molecule has 0 bridgehead atoms. The molecule has 0 aromatic carbocycles. The van der Waals surface area contributed by atoms with Gasteiger partial charge in [-0.15, -0.1) is 0 Å². The van der Waals surface area contributed by atoms with Gasteiger partial charge in [-0.1, -0.05) is 6.92 Å². The molecule has 4 nitrogen and oxygen atoms in total. The third-order valence-electron chi connectivity index (χ3n) is 3.08. The Balaban J connectivity index is 1.74. The molecule has 1 aliphatic carbocycles. The largest absolute Gasteiger partial charge is 0.352 e. The van der Waals surface area contributed by atoms with Crippen LogP contribution in [0.25, 0.3) is 0 Å². The lowest BCUT2D eigenvalue weighted by molar-refractivity contribution is -0.122. The Bertz CT molecular complexity index is 230. The third kappa shape index (κ3) is 3.47. The van der Waals surface area contributed by atoms with E-state index < -0.39 is 0 Å². The second kappa shape index (κ2) is 4.49. The summed E-state index contributed by atoms with van der Waals surface area (Å²) in [6.45, 7) is 4.59. The fourth-order valence-corrected chi connectivity index (χ4v) is 2.35. The van der Waals surface area contributed by atoms with Crippen molar-refractivity contribution in [2.45, 2.75) is 38.3 Å². The Morgan fingerprint density at radius 1 is 1.47 bits per heavy atom. The zero-order chi connectivity index (χ0) is 10.8.